The smallest absolute Gasteiger partial charge is 0.251 e. The maximum absolute atomic E-state index is 12.8. The van der Waals surface area contributed by atoms with Crippen molar-refractivity contribution < 1.29 is 9.53 Å². The molecule has 0 aliphatic carbocycles. The van der Waals surface area contributed by atoms with Crippen LogP contribution >= 0.6 is 11.6 Å². The van der Waals surface area contributed by atoms with E-state index < -0.39 is 0 Å². The molecular formula is C26H35ClN4O2. The molecule has 33 heavy (non-hydrogen) atoms. The molecule has 0 radical (unpaired) electrons. The SMILES string of the molecule is CCCCN(CCCC)CCNC(=O)c1ccc(-c2nc3ccc(Cl)cc3[nH]2)c(OCC)c1. The number of unbranched alkanes of at least 4 members (excludes halogenated alkanes) is 2. The number of halogens is 1. The molecule has 0 bridgehead atoms. The molecule has 0 fully saturated rings. The number of fused-ring (bicyclic) bond motifs is 1. The molecule has 1 aromatic heterocycles. The third-order valence-electron chi connectivity index (χ3n) is 5.61. The second-order valence-electron chi connectivity index (χ2n) is 8.20. The summed E-state index contributed by atoms with van der Waals surface area (Å²) in [5.74, 6) is 1.22. The molecule has 0 aliphatic rings. The van der Waals surface area contributed by atoms with Crippen molar-refractivity contribution in [2.24, 2.45) is 0 Å². The van der Waals surface area contributed by atoms with Crippen molar-refractivity contribution in [3.63, 3.8) is 0 Å². The van der Waals surface area contributed by atoms with Gasteiger partial charge in [-0.25, -0.2) is 4.98 Å². The van der Waals surface area contributed by atoms with Gasteiger partial charge in [0.25, 0.3) is 5.91 Å². The number of hydrogen-bond donors (Lipinski definition) is 2. The number of rotatable bonds is 13. The van der Waals surface area contributed by atoms with Gasteiger partial charge in [0.05, 0.1) is 23.2 Å². The highest BCUT2D eigenvalue weighted by atomic mass is 35.5. The average molecular weight is 471 g/mol. The molecule has 0 unspecified atom stereocenters. The molecule has 178 valence electrons. The zero-order valence-electron chi connectivity index (χ0n) is 19.9. The number of benzene rings is 2. The van der Waals surface area contributed by atoms with Crippen molar-refractivity contribution in [1.82, 2.24) is 20.2 Å². The number of nitrogens with one attached hydrogen (secondary N) is 2. The Kier molecular flexibility index (Phi) is 9.58. The van der Waals surface area contributed by atoms with Gasteiger partial charge in [-0.3, -0.25) is 4.79 Å². The largest absolute Gasteiger partial charge is 0.493 e. The molecule has 2 aromatic carbocycles. The lowest BCUT2D eigenvalue weighted by molar-refractivity contribution is 0.0947. The second kappa shape index (κ2) is 12.6. The summed E-state index contributed by atoms with van der Waals surface area (Å²) in [6.07, 6.45) is 4.73. The average Bonchev–Trinajstić information content (AvgIpc) is 3.23. The fraction of sp³-hybridized carbons (Fsp3) is 0.462. The predicted molar refractivity (Wildman–Crippen MR) is 136 cm³/mol. The van der Waals surface area contributed by atoms with Crippen molar-refractivity contribution >= 4 is 28.5 Å². The van der Waals surface area contributed by atoms with Gasteiger partial charge < -0.3 is 19.9 Å². The van der Waals surface area contributed by atoms with Crippen molar-refractivity contribution in [3.05, 3.63) is 47.0 Å². The number of imidazole rings is 1. The maximum Gasteiger partial charge on any atom is 0.251 e. The van der Waals surface area contributed by atoms with Crippen LogP contribution in [0.1, 0.15) is 56.8 Å². The second-order valence-corrected chi connectivity index (χ2v) is 8.63. The Hall–Kier alpha value is -2.57. The number of ether oxygens (including phenoxy) is 1. The predicted octanol–water partition coefficient (Wildman–Crippen LogP) is 5.91. The van der Waals surface area contributed by atoms with E-state index in [9.17, 15) is 4.79 Å². The van der Waals surface area contributed by atoms with Crippen LogP contribution in [-0.4, -0.2) is 53.6 Å². The van der Waals surface area contributed by atoms with Gasteiger partial charge in [0, 0.05) is 23.7 Å². The lowest BCUT2D eigenvalue weighted by Crippen LogP contribution is -2.36. The van der Waals surface area contributed by atoms with Gasteiger partial charge in [-0.1, -0.05) is 38.3 Å². The summed E-state index contributed by atoms with van der Waals surface area (Å²) >= 11 is 6.10. The van der Waals surface area contributed by atoms with E-state index in [1.54, 1.807) is 6.07 Å². The topological polar surface area (TPSA) is 70.2 Å². The van der Waals surface area contributed by atoms with E-state index in [-0.39, 0.29) is 5.91 Å². The number of aromatic amines is 1. The van der Waals surface area contributed by atoms with Crippen LogP contribution in [0.15, 0.2) is 36.4 Å². The summed E-state index contributed by atoms with van der Waals surface area (Å²) in [5.41, 5.74) is 3.08. The molecule has 3 aromatic rings. The Morgan fingerprint density at radius 1 is 1.06 bits per heavy atom. The molecule has 2 N–H and O–H groups in total. The van der Waals surface area contributed by atoms with Gasteiger partial charge >= 0.3 is 0 Å². The number of H-pyrrole nitrogens is 1. The molecule has 6 nitrogen and oxygen atoms in total. The van der Waals surface area contributed by atoms with Crippen LogP contribution in [0.5, 0.6) is 5.75 Å². The number of amides is 1. The first-order valence-electron chi connectivity index (χ1n) is 12.0. The number of aromatic nitrogens is 2. The molecule has 0 atom stereocenters. The van der Waals surface area contributed by atoms with E-state index in [1.165, 1.54) is 25.7 Å². The van der Waals surface area contributed by atoms with Crippen LogP contribution in [0, 0.1) is 0 Å². The van der Waals surface area contributed by atoms with Gasteiger partial charge in [0.1, 0.15) is 11.6 Å². The first-order chi connectivity index (χ1) is 16.0. The quantitative estimate of drug-likeness (QED) is 0.325. The van der Waals surface area contributed by atoms with Crippen LogP contribution < -0.4 is 10.1 Å². The van der Waals surface area contributed by atoms with Gasteiger partial charge in [0.2, 0.25) is 0 Å². The highest BCUT2D eigenvalue weighted by Gasteiger charge is 2.15. The van der Waals surface area contributed by atoms with Gasteiger partial charge in [0.15, 0.2) is 0 Å². The molecule has 1 heterocycles. The summed E-state index contributed by atoms with van der Waals surface area (Å²) in [6.45, 7) is 10.5. The first kappa shape index (κ1) is 25.1. The van der Waals surface area contributed by atoms with E-state index >= 15 is 0 Å². The maximum atomic E-state index is 12.8. The Balaban J connectivity index is 1.70. The lowest BCUT2D eigenvalue weighted by atomic mass is 10.1. The van der Waals surface area contributed by atoms with Gasteiger partial charge in [-0.2, -0.15) is 0 Å². The molecule has 0 saturated carbocycles. The van der Waals surface area contributed by atoms with Crippen molar-refractivity contribution in [1.29, 1.82) is 0 Å². The van der Waals surface area contributed by atoms with E-state index in [1.807, 2.05) is 37.3 Å². The standard InChI is InChI=1S/C26H35ClN4O2/c1-4-7-14-31(15-8-5-2)16-13-28-26(32)19-9-11-21(24(17-19)33-6-3)25-29-22-12-10-20(27)18-23(22)30-25/h9-12,17-18H,4-8,13-16H2,1-3H3,(H,28,32)(H,29,30). The van der Waals surface area contributed by atoms with E-state index in [0.717, 1.165) is 36.2 Å². The van der Waals surface area contributed by atoms with Crippen molar-refractivity contribution in [3.8, 4) is 17.1 Å². The highest BCUT2D eigenvalue weighted by molar-refractivity contribution is 6.31. The minimum Gasteiger partial charge on any atom is -0.493 e. The van der Waals surface area contributed by atoms with Crippen molar-refractivity contribution in [2.45, 2.75) is 46.5 Å². The minimum atomic E-state index is -0.0928. The fourth-order valence-corrected chi connectivity index (χ4v) is 3.94. The summed E-state index contributed by atoms with van der Waals surface area (Å²) in [7, 11) is 0. The monoisotopic (exact) mass is 470 g/mol. The Morgan fingerprint density at radius 2 is 1.82 bits per heavy atom. The molecule has 3 rings (SSSR count). The third kappa shape index (κ3) is 6.95. The number of nitrogens with zero attached hydrogens (tertiary/aromatic N) is 2. The Labute approximate surface area is 201 Å². The molecule has 0 spiro atoms. The molecule has 1 amide bonds. The van der Waals surface area contributed by atoms with Crippen LogP contribution in [0.2, 0.25) is 5.02 Å². The third-order valence-corrected chi connectivity index (χ3v) is 5.85. The van der Waals surface area contributed by atoms with Crippen LogP contribution in [0.3, 0.4) is 0 Å². The molecule has 0 aliphatic heterocycles. The zero-order valence-corrected chi connectivity index (χ0v) is 20.7. The highest BCUT2D eigenvalue weighted by Crippen LogP contribution is 2.31. The van der Waals surface area contributed by atoms with Crippen LogP contribution in [-0.2, 0) is 0 Å². The van der Waals surface area contributed by atoms with Crippen molar-refractivity contribution in [2.75, 3.05) is 32.8 Å². The molecular weight excluding hydrogens is 436 g/mol. The Bertz CT molecular complexity index is 1040. The number of hydrogen-bond acceptors (Lipinski definition) is 4. The van der Waals surface area contributed by atoms with E-state index in [0.29, 0.717) is 35.3 Å². The summed E-state index contributed by atoms with van der Waals surface area (Å²) in [6, 6.07) is 11.0. The van der Waals surface area contributed by atoms with Gasteiger partial charge in [-0.05, 0) is 69.3 Å². The summed E-state index contributed by atoms with van der Waals surface area (Å²) in [4.78, 5) is 23.2. The first-order valence-corrected chi connectivity index (χ1v) is 12.4. The molecule has 0 saturated heterocycles. The number of carbonyl (C=O) groups is 1. The zero-order chi connectivity index (χ0) is 23.6. The molecule has 7 heteroatoms. The van der Waals surface area contributed by atoms with E-state index in [4.69, 9.17) is 16.3 Å². The van der Waals surface area contributed by atoms with E-state index in [2.05, 4.69) is 34.0 Å². The van der Waals surface area contributed by atoms with Gasteiger partial charge in [-0.15, -0.1) is 0 Å². The van der Waals surface area contributed by atoms with Crippen LogP contribution in [0.25, 0.3) is 22.4 Å². The summed E-state index contributed by atoms with van der Waals surface area (Å²) < 4.78 is 5.86. The Morgan fingerprint density at radius 3 is 2.52 bits per heavy atom. The summed E-state index contributed by atoms with van der Waals surface area (Å²) in [5, 5.41) is 3.71. The number of carbonyl (C=O) groups excluding carboxylic acids is 1. The van der Waals surface area contributed by atoms with Crippen LogP contribution in [0.4, 0.5) is 0 Å². The lowest BCUT2D eigenvalue weighted by Gasteiger charge is -2.22. The minimum absolute atomic E-state index is 0.0928. The normalized spacial score (nSPS) is 11.3. The fourth-order valence-electron chi connectivity index (χ4n) is 3.77.